The zero-order chi connectivity index (χ0) is 27.9. The second-order valence-electron chi connectivity index (χ2n) is 10.3. The summed E-state index contributed by atoms with van der Waals surface area (Å²) in [4.78, 5) is 41.1. The standard InChI is InChI=1S/C32H35N3O5/c36-23-30(37)26-12-8-25(9-13-26)22-35-29-7-3-2-6-28(29)31(38)34(32(35)39)19-16-24-10-14-27(15-11-24)40-21-20-33-17-4-1-5-18-33/h2-3,6-15,36H,1,4-5,16-23H2. The zero-order valence-electron chi connectivity index (χ0n) is 22.6. The molecule has 0 saturated carbocycles. The number of benzene rings is 3. The molecule has 3 aromatic carbocycles. The van der Waals surface area contributed by atoms with Crippen LogP contribution in [0.25, 0.3) is 10.9 Å². The van der Waals surface area contributed by atoms with Gasteiger partial charge in [-0.25, -0.2) is 4.79 Å². The summed E-state index contributed by atoms with van der Waals surface area (Å²) < 4.78 is 8.83. The fourth-order valence-electron chi connectivity index (χ4n) is 5.26. The molecule has 0 aliphatic carbocycles. The van der Waals surface area contributed by atoms with Crippen LogP contribution in [0.15, 0.2) is 82.4 Å². The highest BCUT2D eigenvalue weighted by molar-refractivity contribution is 5.96. The van der Waals surface area contributed by atoms with Gasteiger partial charge in [-0.15, -0.1) is 0 Å². The van der Waals surface area contributed by atoms with E-state index in [0.717, 1.165) is 36.5 Å². The number of para-hydroxylation sites is 1. The highest BCUT2D eigenvalue weighted by atomic mass is 16.5. The van der Waals surface area contributed by atoms with Crippen LogP contribution >= 0.6 is 0 Å². The lowest BCUT2D eigenvalue weighted by Gasteiger charge is -2.26. The van der Waals surface area contributed by atoms with Crippen molar-refractivity contribution in [3.05, 3.63) is 110 Å². The Morgan fingerprint density at radius 1 is 0.800 bits per heavy atom. The minimum Gasteiger partial charge on any atom is -0.492 e. The molecule has 40 heavy (non-hydrogen) atoms. The van der Waals surface area contributed by atoms with Gasteiger partial charge in [0.05, 0.1) is 17.4 Å². The van der Waals surface area contributed by atoms with Crippen molar-refractivity contribution in [1.82, 2.24) is 14.0 Å². The van der Waals surface area contributed by atoms with E-state index in [0.29, 0.717) is 29.5 Å². The average Bonchev–Trinajstić information content (AvgIpc) is 3.00. The van der Waals surface area contributed by atoms with Crippen LogP contribution in [0, 0.1) is 0 Å². The van der Waals surface area contributed by atoms with Crippen molar-refractivity contribution < 1.29 is 14.6 Å². The number of rotatable bonds is 11. The first-order valence-electron chi connectivity index (χ1n) is 13.9. The summed E-state index contributed by atoms with van der Waals surface area (Å²) in [6, 6.07) is 21.8. The third-order valence-electron chi connectivity index (χ3n) is 7.56. The number of ether oxygens (including phenoxy) is 1. The molecule has 1 saturated heterocycles. The number of aliphatic hydroxyl groups is 1. The molecule has 0 amide bonds. The molecule has 0 atom stereocenters. The Kier molecular flexibility index (Phi) is 8.88. The van der Waals surface area contributed by atoms with E-state index in [1.54, 1.807) is 53.1 Å². The summed E-state index contributed by atoms with van der Waals surface area (Å²) in [6.45, 7) is 3.84. The van der Waals surface area contributed by atoms with Gasteiger partial charge in [0.1, 0.15) is 19.0 Å². The molecular formula is C32H35N3O5. The van der Waals surface area contributed by atoms with Gasteiger partial charge in [-0.1, -0.05) is 55.0 Å². The highest BCUT2D eigenvalue weighted by Crippen LogP contribution is 2.15. The molecule has 0 bridgehead atoms. The van der Waals surface area contributed by atoms with Crippen molar-refractivity contribution in [1.29, 1.82) is 0 Å². The van der Waals surface area contributed by atoms with Gasteiger partial charge in [-0.2, -0.15) is 0 Å². The van der Waals surface area contributed by atoms with Crippen LogP contribution in [0.3, 0.4) is 0 Å². The van der Waals surface area contributed by atoms with Crippen LogP contribution in [-0.4, -0.2) is 57.8 Å². The summed E-state index contributed by atoms with van der Waals surface area (Å²) in [6.07, 6.45) is 4.38. The Hall–Kier alpha value is -4.01. The first kappa shape index (κ1) is 27.6. The Morgan fingerprint density at radius 3 is 2.23 bits per heavy atom. The van der Waals surface area contributed by atoms with Gasteiger partial charge < -0.3 is 9.84 Å². The molecular weight excluding hydrogens is 506 g/mol. The summed E-state index contributed by atoms with van der Waals surface area (Å²) in [5, 5.41) is 9.57. The summed E-state index contributed by atoms with van der Waals surface area (Å²) >= 11 is 0. The molecule has 0 spiro atoms. The Balaban J connectivity index is 1.30. The van der Waals surface area contributed by atoms with Crippen molar-refractivity contribution in [3.63, 3.8) is 0 Å². The third kappa shape index (κ3) is 6.41. The number of aromatic nitrogens is 2. The van der Waals surface area contributed by atoms with Gasteiger partial charge in [-0.05, 0) is 67.7 Å². The molecule has 8 heteroatoms. The number of ketones is 1. The summed E-state index contributed by atoms with van der Waals surface area (Å²) in [7, 11) is 0. The number of piperidine rings is 1. The predicted octanol–water partition coefficient (Wildman–Crippen LogP) is 3.49. The molecule has 4 aromatic rings. The average molecular weight is 542 g/mol. The van der Waals surface area contributed by atoms with E-state index in [1.165, 1.54) is 23.8 Å². The SMILES string of the molecule is O=C(CO)c1ccc(Cn2c(=O)n(CCc3ccc(OCCN4CCCCC4)cc3)c(=O)c3ccccc32)cc1. The quantitative estimate of drug-likeness (QED) is 0.292. The number of nitrogens with zero attached hydrogens (tertiary/aromatic N) is 3. The molecule has 1 N–H and O–H groups in total. The number of Topliss-reactive ketones (excluding diaryl/α,β-unsaturated/α-hetero) is 1. The van der Waals surface area contributed by atoms with E-state index >= 15 is 0 Å². The molecule has 0 unspecified atom stereocenters. The third-order valence-corrected chi connectivity index (χ3v) is 7.56. The van der Waals surface area contributed by atoms with Crippen LogP contribution in [0.1, 0.15) is 40.7 Å². The van der Waals surface area contributed by atoms with E-state index in [4.69, 9.17) is 9.84 Å². The number of carbonyl (C=O) groups is 1. The minimum absolute atomic E-state index is 0.247. The summed E-state index contributed by atoms with van der Waals surface area (Å²) in [5.74, 6) is 0.456. The topological polar surface area (TPSA) is 93.8 Å². The van der Waals surface area contributed by atoms with Crippen molar-refractivity contribution >= 4 is 16.7 Å². The van der Waals surface area contributed by atoms with E-state index in [9.17, 15) is 14.4 Å². The molecule has 208 valence electrons. The molecule has 2 heterocycles. The second-order valence-corrected chi connectivity index (χ2v) is 10.3. The van der Waals surface area contributed by atoms with Crippen molar-refractivity contribution in [2.24, 2.45) is 0 Å². The Morgan fingerprint density at radius 2 is 1.50 bits per heavy atom. The lowest BCUT2D eigenvalue weighted by Crippen LogP contribution is -2.40. The molecule has 1 aromatic heterocycles. The Labute approximate surface area is 233 Å². The van der Waals surface area contributed by atoms with E-state index < -0.39 is 6.61 Å². The van der Waals surface area contributed by atoms with Crippen molar-refractivity contribution in [3.8, 4) is 5.75 Å². The van der Waals surface area contributed by atoms with Gasteiger partial charge in [-0.3, -0.25) is 23.6 Å². The lowest BCUT2D eigenvalue weighted by molar-refractivity contribution is 0.0903. The van der Waals surface area contributed by atoms with Gasteiger partial charge in [0, 0.05) is 18.7 Å². The normalized spacial score (nSPS) is 13.9. The van der Waals surface area contributed by atoms with Crippen LogP contribution in [0.4, 0.5) is 0 Å². The largest absolute Gasteiger partial charge is 0.492 e. The lowest BCUT2D eigenvalue weighted by atomic mass is 10.1. The van der Waals surface area contributed by atoms with E-state index in [2.05, 4.69) is 4.90 Å². The smallest absolute Gasteiger partial charge is 0.331 e. The van der Waals surface area contributed by atoms with Gasteiger partial charge in [0.15, 0.2) is 5.78 Å². The second kappa shape index (κ2) is 12.9. The van der Waals surface area contributed by atoms with Crippen molar-refractivity contribution in [2.75, 3.05) is 32.8 Å². The molecule has 5 rings (SSSR count). The molecule has 1 fully saturated rings. The molecule has 8 nitrogen and oxygen atoms in total. The van der Waals surface area contributed by atoms with E-state index in [1.807, 2.05) is 24.3 Å². The number of hydrogen-bond donors (Lipinski definition) is 1. The van der Waals surface area contributed by atoms with Crippen LogP contribution in [0.5, 0.6) is 5.75 Å². The molecule has 0 radical (unpaired) electrons. The van der Waals surface area contributed by atoms with Gasteiger partial charge >= 0.3 is 5.69 Å². The number of fused-ring (bicyclic) bond motifs is 1. The maximum absolute atomic E-state index is 13.6. The maximum atomic E-state index is 13.6. The number of aryl methyl sites for hydroxylation is 1. The molecule has 1 aliphatic heterocycles. The molecule has 1 aliphatic rings. The first-order chi connectivity index (χ1) is 19.5. The highest BCUT2D eigenvalue weighted by Gasteiger charge is 2.14. The fourth-order valence-corrected chi connectivity index (χ4v) is 5.26. The van der Waals surface area contributed by atoms with Crippen LogP contribution in [0.2, 0.25) is 0 Å². The van der Waals surface area contributed by atoms with Crippen molar-refractivity contribution in [2.45, 2.75) is 38.8 Å². The van der Waals surface area contributed by atoms with Gasteiger partial charge in [0.25, 0.3) is 5.56 Å². The maximum Gasteiger partial charge on any atom is 0.331 e. The van der Waals surface area contributed by atoms with E-state index in [-0.39, 0.29) is 30.1 Å². The number of aliphatic hydroxyl groups excluding tert-OH is 1. The Bertz CT molecular complexity index is 1570. The fraction of sp³-hybridized carbons (Fsp3) is 0.344. The predicted molar refractivity (Wildman–Crippen MR) is 155 cm³/mol. The monoisotopic (exact) mass is 541 g/mol. The number of carbonyl (C=O) groups excluding carboxylic acids is 1. The van der Waals surface area contributed by atoms with Crippen LogP contribution in [-0.2, 0) is 19.5 Å². The first-order valence-corrected chi connectivity index (χ1v) is 13.9. The summed E-state index contributed by atoms with van der Waals surface area (Å²) in [5.41, 5.74) is 2.11. The number of likely N-dealkylation sites (tertiary alicyclic amines) is 1. The zero-order valence-corrected chi connectivity index (χ0v) is 22.6. The minimum atomic E-state index is -0.553. The van der Waals surface area contributed by atoms with Crippen LogP contribution < -0.4 is 16.0 Å². The number of hydrogen-bond acceptors (Lipinski definition) is 6. The van der Waals surface area contributed by atoms with Gasteiger partial charge in [0.2, 0.25) is 0 Å².